The molecule has 1 unspecified atom stereocenters. The maximum atomic E-state index is 13.5. The summed E-state index contributed by atoms with van der Waals surface area (Å²) in [6.45, 7) is 4.89. The molecule has 35 heavy (non-hydrogen) atoms. The Bertz CT molecular complexity index is 1320. The van der Waals surface area contributed by atoms with Crippen LogP contribution in [0.1, 0.15) is 29.7 Å². The summed E-state index contributed by atoms with van der Waals surface area (Å²) in [6, 6.07) is 21.0. The van der Waals surface area contributed by atoms with E-state index in [1.54, 1.807) is 4.90 Å². The predicted molar refractivity (Wildman–Crippen MR) is 138 cm³/mol. The van der Waals surface area contributed by atoms with E-state index in [1.165, 1.54) is 11.8 Å². The van der Waals surface area contributed by atoms with Crippen molar-refractivity contribution in [1.82, 2.24) is 5.32 Å². The second-order valence-corrected chi connectivity index (χ2v) is 9.60. The van der Waals surface area contributed by atoms with E-state index in [0.717, 1.165) is 27.3 Å². The fourth-order valence-corrected chi connectivity index (χ4v) is 5.20. The minimum atomic E-state index is -0.259. The van der Waals surface area contributed by atoms with Crippen LogP contribution >= 0.6 is 11.8 Å². The number of aryl methyl sites for hydroxylation is 1. The van der Waals surface area contributed by atoms with Gasteiger partial charge in [0.15, 0.2) is 11.5 Å². The lowest BCUT2D eigenvalue weighted by Gasteiger charge is -2.30. The number of thioether (sulfide) groups is 1. The minimum absolute atomic E-state index is 0.0730. The van der Waals surface area contributed by atoms with Gasteiger partial charge in [-0.1, -0.05) is 54.2 Å². The fourth-order valence-electron chi connectivity index (χ4n) is 4.15. The van der Waals surface area contributed by atoms with Crippen LogP contribution in [-0.4, -0.2) is 31.6 Å². The third-order valence-electron chi connectivity index (χ3n) is 6.05. The molecule has 6 nitrogen and oxygen atoms in total. The quantitative estimate of drug-likeness (QED) is 0.507. The predicted octanol–water partition coefficient (Wildman–Crippen LogP) is 5.12. The molecule has 0 fully saturated rings. The van der Waals surface area contributed by atoms with Gasteiger partial charge in [0.2, 0.25) is 5.91 Å². The van der Waals surface area contributed by atoms with Crippen LogP contribution < -0.4 is 19.7 Å². The maximum Gasteiger partial charge on any atom is 0.265 e. The Kier molecular flexibility index (Phi) is 6.51. The van der Waals surface area contributed by atoms with Gasteiger partial charge in [0.1, 0.15) is 19.8 Å². The van der Waals surface area contributed by atoms with E-state index in [1.807, 2.05) is 86.7 Å². The summed E-state index contributed by atoms with van der Waals surface area (Å²) in [5.41, 5.74) is 3.72. The van der Waals surface area contributed by atoms with Gasteiger partial charge in [-0.05, 0) is 60.9 Å². The smallest absolute Gasteiger partial charge is 0.265 e. The molecule has 0 spiro atoms. The molecule has 2 amide bonds. The molecule has 178 valence electrons. The summed E-state index contributed by atoms with van der Waals surface area (Å²) in [5.74, 6) is 0.967. The lowest BCUT2D eigenvalue weighted by Crippen LogP contribution is -2.43. The molecule has 0 saturated heterocycles. The molecule has 0 bridgehead atoms. The van der Waals surface area contributed by atoms with E-state index >= 15 is 0 Å². The van der Waals surface area contributed by atoms with Crippen molar-refractivity contribution in [1.29, 1.82) is 0 Å². The Labute approximate surface area is 208 Å². The van der Waals surface area contributed by atoms with E-state index in [4.69, 9.17) is 9.47 Å². The first-order valence-electron chi connectivity index (χ1n) is 11.5. The number of nitrogens with zero attached hydrogens (tertiary/aromatic N) is 1. The number of fused-ring (bicyclic) bond motifs is 2. The van der Waals surface area contributed by atoms with Crippen LogP contribution in [0.15, 0.2) is 76.5 Å². The molecule has 0 aromatic heterocycles. The van der Waals surface area contributed by atoms with Gasteiger partial charge < -0.3 is 14.8 Å². The van der Waals surface area contributed by atoms with Crippen LogP contribution in [0.4, 0.5) is 5.69 Å². The number of nitrogens with one attached hydrogen (secondary N) is 1. The highest BCUT2D eigenvalue weighted by atomic mass is 32.2. The summed E-state index contributed by atoms with van der Waals surface area (Å²) in [6.07, 6.45) is 1.90. The highest BCUT2D eigenvalue weighted by molar-refractivity contribution is 8.04. The standard InChI is InChI=1S/C28H26N2O4S/c1-18-7-3-4-8-20(18)16-26-28(32)30(22-9-5-6-10-25(22)35-26)17-27(31)29-19(2)21-11-12-23-24(15-21)34-14-13-33-23/h3-12,15-16,19H,13-14,17H2,1-2H3,(H,29,31). The molecule has 1 atom stereocenters. The highest BCUT2D eigenvalue weighted by Gasteiger charge is 2.31. The van der Waals surface area contributed by atoms with Gasteiger partial charge in [0, 0.05) is 4.90 Å². The Morgan fingerprint density at radius 2 is 1.80 bits per heavy atom. The summed E-state index contributed by atoms with van der Waals surface area (Å²) in [5, 5.41) is 3.02. The van der Waals surface area contributed by atoms with Gasteiger partial charge in [-0.3, -0.25) is 14.5 Å². The van der Waals surface area contributed by atoms with Crippen molar-refractivity contribution < 1.29 is 19.1 Å². The van der Waals surface area contributed by atoms with Gasteiger partial charge in [0.05, 0.1) is 16.6 Å². The first-order valence-corrected chi connectivity index (χ1v) is 12.4. The van der Waals surface area contributed by atoms with E-state index < -0.39 is 0 Å². The molecule has 0 radical (unpaired) electrons. The Hall–Kier alpha value is -3.71. The zero-order valence-corrected chi connectivity index (χ0v) is 20.4. The molecule has 3 aromatic carbocycles. The van der Waals surface area contributed by atoms with Gasteiger partial charge in [-0.25, -0.2) is 0 Å². The Morgan fingerprint density at radius 1 is 1.06 bits per heavy atom. The first-order chi connectivity index (χ1) is 17.0. The normalized spacial score (nSPS) is 16.6. The summed E-state index contributed by atoms with van der Waals surface area (Å²) < 4.78 is 11.2. The van der Waals surface area contributed by atoms with Crippen LogP contribution in [0, 0.1) is 6.92 Å². The number of amides is 2. The van der Waals surface area contributed by atoms with Gasteiger partial charge in [-0.2, -0.15) is 0 Å². The monoisotopic (exact) mass is 486 g/mol. The fraction of sp³-hybridized carbons (Fsp3) is 0.214. The third kappa shape index (κ3) is 4.91. The average Bonchev–Trinajstić information content (AvgIpc) is 2.87. The van der Waals surface area contributed by atoms with E-state index in [-0.39, 0.29) is 24.4 Å². The van der Waals surface area contributed by atoms with Gasteiger partial charge >= 0.3 is 0 Å². The van der Waals surface area contributed by atoms with E-state index in [0.29, 0.717) is 29.6 Å². The lowest BCUT2D eigenvalue weighted by atomic mass is 10.1. The van der Waals surface area contributed by atoms with Crippen LogP contribution in [-0.2, 0) is 9.59 Å². The molecule has 2 aliphatic heterocycles. The first kappa shape index (κ1) is 23.1. The second-order valence-electron chi connectivity index (χ2n) is 8.52. The van der Waals surface area contributed by atoms with E-state index in [9.17, 15) is 9.59 Å². The third-order valence-corrected chi connectivity index (χ3v) is 7.13. The molecule has 7 heteroatoms. The number of anilines is 1. The summed E-state index contributed by atoms with van der Waals surface area (Å²) in [4.78, 5) is 29.6. The number of para-hydroxylation sites is 1. The van der Waals surface area contributed by atoms with Crippen molar-refractivity contribution >= 4 is 35.3 Å². The van der Waals surface area contributed by atoms with Crippen molar-refractivity contribution in [3.05, 3.63) is 88.3 Å². The molecule has 3 aromatic rings. The largest absolute Gasteiger partial charge is 0.486 e. The zero-order chi connectivity index (χ0) is 24.4. The Balaban J connectivity index is 1.36. The number of rotatable bonds is 5. The van der Waals surface area contributed by atoms with Crippen molar-refractivity contribution in [3.63, 3.8) is 0 Å². The molecule has 2 heterocycles. The second kappa shape index (κ2) is 9.88. The molecule has 1 N–H and O–H groups in total. The molecular formula is C28H26N2O4S. The van der Waals surface area contributed by atoms with Crippen molar-refractivity contribution in [2.45, 2.75) is 24.8 Å². The van der Waals surface area contributed by atoms with E-state index in [2.05, 4.69) is 5.32 Å². The lowest BCUT2D eigenvalue weighted by molar-refractivity contribution is -0.122. The molecule has 0 saturated carbocycles. The Morgan fingerprint density at radius 3 is 2.63 bits per heavy atom. The van der Waals surface area contributed by atoms with Crippen molar-refractivity contribution in [2.24, 2.45) is 0 Å². The highest BCUT2D eigenvalue weighted by Crippen LogP contribution is 2.42. The molecular weight excluding hydrogens is 460 g/mol. The van der Waals surface area contributed by atoms with Crippen molar-refractivity contribution in [3.8, 4) is 11.5 Å². The van der Waals surface area contributed by atoms with Crippen LogP contribution in [0.3, 0.4) is 0 Å². The van der Waals surface area contributed by atoms with Gasteiger partial charge in [0.25, 0.3) is 5.91 Å². The average molecular weight is 487 g/mol. The van der Waals surface area contributed by atoms with Crippen LogP contribution in [0.25, 0.3) is 6.08 Å². The number of ether oxygens (including phenoxy) is 2. The molecule has 2 aliphatic rings. The number of carbonyl (C=O) groups excluding carboxylic acids is 2. The molecule has 5 rings (SSSR count). The van der Waals surface area contributed by atoms with Crippen molar-refractivity contribution in [2.75, 3.05) is 24.7 Å². The zero-order valence-electron chi connectivity index (χ0n) is 19.6. The SMILES string of the molecule is Cc1ccccc1C=C1Sc2ccccc2N(CC(=O)NC(C)c2ccc3c(c2)OCCO3)C1=O. The summed E-state index contributed by atoms with van der Waals surface area (Å²) >= 11 is 1.44. The summed E-state index contributed by atoms with van der Waals surface area (Å²) in [7, 11) is 0. The number of hydrogen-bond donors (Lipinski definition) is 1. The number of hydrogen-bond acceptors (Lipinski definition) is 5. The maximum absolute atomic E-state index is 13.5. The molecule has 0 aliphatic carbocycles. The number of carbonyl (C=O) groups is 2. The van der Waals surface area contributed by atoms with Gasteiger partial charge in [-0.15, -0.1) is 0 Å². The van der Waals surface area contributed by atoms with Crippen LogP contribution in [0.5, 0.6) is 11.5 Å². The van der Waals surface area contributed by atoms with Crippen LogP contribution in [0.2, 0.25) is 0 Å². The topological polar surface area (TPSA) is 67.9 Å². The minimum Gasteiger partial charge on any atom is -0.486 e. The number of benzene rings is 3.